The number of hydrogen-bond donors (Lipinski definition) is 0. The first-order valence-electron chi connectivity index (χ1n) is 3.97. The minimum Gasteiger partial charge on any atom is -0.242 e. The largest absolute Gasteiger partial charge is 0.434 e. The summed E-state index contributed by atoms with van der Waals surface area (Å²) in [5, 5.41) is 0. The molecule has 0 aromatic carbocycles. The van der Waals surface area contributed by atoms with Crippen molar-refractivity contribution in [1.29, 1.82) is 0 Å². The van der Waals surface area contributed by atoms with Crippen LogP contribution in [-0.2, 0) is 6.18 Å². The molecule has 0 amide bonds. The molecule has 0 atom stereocenters. The molecule has 0 bridgehead atoms. The number of alkyl halides is 3. The third kappa shape index (κ3) is 3.27. The molecule has 0 fully saturated rings. The van der Waals surface area contributed by atoms with Crippen LogP contribution in [0.3, 0.4) is 0 Å². The van der Waals surface area contributed by atoms with Gasteiger partial charge in [-0.3, -0.25) is 0 Å². The van der Waals surface area contributed by atoms with Gasteiger partial charge in [-0.15, -0.1) is 0 Å². The molecule has 0 aliphatic rings. The molecule has 80 valence electrons. The number of nitrogens with zero attached hydrogens (tertiary/aromatic N) is 2. The van der Waals surface area contributed by atoms with E-state index in [0.29, 0.717) is 6.20 Å². The van der Waals surface area contributed by atoms with Crippen LogP contribution in [0.5, 0.6) is 0 Å². The van der Waals surface area contributed by atoms with Gasteiger partial charge in [0, 0.05) is 0 Å². The topological polar surface area (TPSA) is 25.8 Å². The van der Waals surface area contributed by atoms with Gasteiger partial charge in [-0.05, 0) is 6.92 Å². The second kappa shape index (κ2) is 4.88. The highest BCUT2D eigenvalue weighted by Crippen LogP contribution is 2.26. The van der Waals surface area contributed by atoms with Crippen LogP contribution < -0.4 is 0 Å². The molecule has 0 unspecified atom stereocenters. The Morgan fingerprint density at radius 1 is 1.21 bits per heavy atom. The van der Waals surface area contributed by atoms with E-state index in [9.17, 15) is 17.6 Å². The normalized spacial score (nSPS) is 10.5. The zero-order chi connectivity index (χ0) is 11.4. The number of aryl methyl sites for hydroxylation is 1. The van der Waals surface area contributed by atoms with Crippen LogP contribution in [0.25, 0.3) is 0 Å². The van der Waals surface area contributed by atoms with Crippen LogP contribution in [0.1, 0.15) is 25.2 Å². The number of rotatable bonds is 0. The van der Waals surface area contributed by atoms with Crippen molar-refractivity contribution in [3.63, 3.8) is 0 Å². The molecule has 0 aliphatic heterocycles. The van der Waals surface area contributed by atoms with Gasteiger partial charge in [0.05, 0.1) is 11.9 Å². The van der Waals surface area contributed by atoms with Crippen LogP contribution in [-0.4, -0.2) is 9.97 Å². The van der Waals surface area contributed by atoms with Crippen molar-refractivity contribution in [1.82, 2.24) is 9.97 Å². The summed E-state index contributed by atoms with van der Waals surface area (Å²) >= 11 is 0. The van der Waals surface area contributed by atoms with Crippen LogP contribution >= 0.6 is 0 Å². The van der Waals surface area contributed by atoms with Gasteiger partial charge in [-0.25, -0.2) is 9.97 Å². The lowest BCUT2D eigenvalue weighted by Gasteiger charge is -2.04. The highest BCUT2D eigenvalue weighted by molar-refractivity contribution is 5.06. The van der Waals surface area contributed by atoms with E-state index in [1.807, 2.05) is 13.8 Å². The zero-order valence-electron chi connectivity index (χ0n) is 7.98. The van der Waals surface area contributed by atoms with Gasteiger partial charge in [-0.2, -0.15) is 17.6 Å². The summed E-state index contributed by atoms with van der Waals surface area (Å²) < 4.78 is 48.0. The molecule has 1 rings (SSSR count). The third-order valence-electron chi connectivity index (χ3n) is 1.18. The second-order valence-corrected chi connectivity index (χ2v) is 2.13. The van der Waals surface area contributed by atoms with Crippen molar-refractivity contribution < 1.29 is 17.6 Å². The number of aromatic nitrogens is 2. The maximum atomic E-state index is 12.3. The lowest BCUT2D eigenvalue weighted by atomic mass is 10.4. The van der Waals surface area contributed by atoms with Crippen LogP contribution in [0, 0.1) is 12.9 Å². The molecule has 0 saturated carbocycles. The molecule has 14 heavy (non-hydrogen) atoms. The average molecular weight is 210 g/mol. The van der Waals surface area contributed by atoms with Gasteiger partial charge < -0.3 is 0 Å². The van der Waals surface area contributed by atoms with Gasteiger partial charge in [0.15, 0.2) is 5.69 Å². The lowest BCUT2D eigenvalue weighted by molar-refractivity contribution is -0.141. The maximum Gasteiger partial charge on any atom is 0.434 e. The predicted molar refractivity (Wildman–Crippen MR) is 43.1 cm³/mol. The van der Waals surface area contributed by atoms with Crippen molar-refractivity contribution >= 4 is 0 Å². The Labute approximate surface area is 79.0 Å². The van der Waals surface area contributed by atoms with E-state index < -0.39 is 17.8 Å². The van der Waals surface area contributed by atoms with Crippen molar-refractivity contribution in [2.24, 2.45) is 0 Å². The van der Waals surface area contributed by atoms with Crippen molar-refractivity contribution in [2.45, 2.75) is 26.9 Å². The van der Waals surface area contributed by atoms with Crippen LogP contribution in [0.4, 0.5) is 17.6 Å². The van der Waals surface area contributed by atoms with E-state index in [0.717, 1.165) is 6.92 Å². The summed E-state index contributed by atoms with van der Waals surface area (Å²) in [5.41, 5.74) is -1.54. The molecule has 1 aromatic rings. The highest BCUT2D eigenvalue weighted by atomic mass is 19.4. The van der Waals surface area contributed by atoms with E-state index >= 15 is 0 Å². The van der Waals surface area contributed by atoms with Gasteiger partial charge in [0.1, 0.15) is 0 Å². The van der Waals surface area contributed by atoms with E-state index in [1.165, 1.54) is 0 Å². The monoisotopic (exact) mass is 210 g/mol. The Hall–Kier alpha value is -1.20. The fraction of sp³-hybridized carbons (Fsp3) is 0.500. The van der Waals surface area contributed by atoms with Gasteiger partial charge in [0.2, 0.25) is 5.95 Å². The third-order valence-corrected chi connectivity index (χ3v) is 1.18. The molecule has 6 heteroatoms. The summed E-state index contributed by atoms with van der Waals surface area (Å²) in [5.74, 6) is -0.983. The van der Waals surface area contributed by atoms with Gasteiger partial charge >= 0.3 is 6.18 Å². The van der Waals surface area contributed by atoms with Crippen molar-refractivity contribution in [3.05, 3.63) is 23.5 Å². The average Bonchev–Trinajstić information content (AvgIpc) is 2.11. The molecular weight excluding hydrogens is 200 g/mol. The second-order valence-electron chi connectivity index (χ2n) is 2.13. The maximum absolute atomic E-state index is 12.3. The molecule has 0 N–H and O–H groups in total. The summed E-state index contributed by atoms with van der Waals surface area (Å²) in [6.45, 7) is 5.12. The van der Waals surface area contributed by atoms with E-state index in [-0.39, 0.29) is 5.69 Å². The first kappa shape index (κ1) is 12.8. The Kier molecular flexibility index (Phi) is 4.46. The fourth-order valence-corrected chi connectivity index (χ4v) is 0.603. The molecule has 0 aliphatic carbocycles. The standard InChI is InChI=1S/C6H4F4N2.C2H6/c1-3-5(7)11-2-4(12-3)6(8,9)10;1-2/h2H,1H3;1-2H3. The zero-order valence-corrected chi connectivity index (χ0v) is 7.98. The minimum atomic E-state index is -4.56. The molecule has 0 spiro atoms. The fourth-order valence-electron chi connectivity index (χ4n) is 0.603. The number of hydrogen-bond acceptors (Lipinski definition) is 2. The van der Waals surface area contributed by atoms with E-state index in [4.69, 9.17) is 0 Å². The summed E-state index contributed by atoms with van der Waals surface area (Å²) in [4.78, 5) is 5.88. The predicted octanol–water partition coefficient (Wildman–Crippen LogP) is 2.97. The van der Waals surface area contributed by atoms with Crippen LogP contribution in [0.15, 0.2) is 6.20 Å². The van der Waals surface area contributed by atoms with Gasteiger partial charge in [0.25, 0.3) is 0 Å². The molecule has 0 radical (unpaired) electrons. The van der Waals surface area contributed by atoms with E-state index in [2.05, 4.69) is 9.97 Å². The first-order valence-corrected chi connectivity index (χ1v) is 3.97. The SMILES string of the molecule is CC.Cc1nc(C(F)(F)F)cnc1F. The molecular formula is C8H10F4N2. The molecule has 1 heterocycles. The Morgan fingerprint density at radius 3 is 2.07 bits per heavy atom. The Morgan fingerprint density at radius 2 is 1.71 bits per heavy atom. The molecule has 1 aromatic heterocycles. The van der Waals surface area contributed by atoms with Crippen molar-refractivity contribution in [3.8, 4) is 0 Å². The van der Waals surface area contributed by atoms with Crippen LogP contribution in [0.2, 0.25) is 0 Å². The van der Waals surface area contributed by atoms with Gasteiger partial charge in [-0.1, -0.05) is 13.8 Å². The first-order chi connectivity index (χ1) is 6.41. The smallest absolute Gasteiger partial charge is 0.242 e. The summed E-state index contributed by atoms with van der Waals surface area (Å²) in [7, 11) is 0. The molecule has 0 saturated heterocycles. The highest BCUT2D eigenvalue weighted by Gasteiger charge is 2.33. The minimum absolute atomic E-state index is 0.357. The Bertz CT molecular complexity index is 296. The quantitative estimate of drug-likeness (QED) is 0.615. The summed E-state index contributed by atoms with van der Waals surface area (Å²) in [6.07, 6.45) is -4.20. The molecule has 2 nitrogen and oxygen atoms in total. The Balaban J connectivity index is 0.000000791. The van der Waals surface area contributed by atoms with Crippen molar-refractivity contribution in [2.75, 3.05) is 0 Å². The summed E-state index contributed by atoms with van der Waals surface area (Å²) in [6, 6.07) is 0. The lowest BCUT2D eigenvalue weighted by Crippen LogP contribution is -2.10. The van der Waals surface area contributed by atoms with E-state index in [1.54, 1.807) is 0 Å². The number of halogens is 4.